The maximum atomic E-state index is 12.4. The number of benzene rings is 1. The molecule has 2 atom stereocenters. The first kappa shape index (κ1) is 23.5. The maximum absolute atomic E-state index is 12.4. The third-order valence-electron chi connectivity index (χ3n) is 6.34. The first-order valence-corrected chi connectivity index (χ1v) is 11.5. The highest BCUT2D eigenvalue weighted by Gasteiger charge is 2.31. The van der Waals surface area contributed by atoms with E-state index in [-0.39, 0.29) is 18.1 Å². The summed E-state index contributed by atoms with van der Waals surface area (Å²) in [6.45, 7) is 9.41. The van der Waals surface area contributed by atoms with Crippen molar-refractivity contribution in [1.29, 1.82) is 0 Å². The van der Waals surface area contributed by atoms with Crippen molar-refractivity contribution < 1.29 is 9.53 Å². The summed E-state index contributed by atoms with van der Waals surface area (Å²) in [5, 5.41) is 3.52. The number of guanidine groups is 1. The number of likely N-dealkylation sites (N-methyl/N-ethyl adjacent to an activating group) is 1. The van der Waals surface area contributed by atoms with Crippen LogP contribution in [0.2, 0.25) is 0 Å². The highest BCUT2D eigenvalue weighted by atomic mass is 16.5. The van der Waals surface area contributed by atoms with Gasteiger partial charge in [0.2, 0.25) is 5.91 Å². The van der Waals surface area contributed by atoms with E-state index in [0.29, 0.717) is 6.61 Å². The van der Waals surface area contributed by atoms with Crippen molar-refractivity contribution >= 4 is 11.9 Å². The van der Waals surface area contributed by atoms with Crippen LogP contribution < -0.4 is 5.32 Å². The third-order valence-corrected chi connectivity index (χ3v) is 6.34. The molecule has 0 bridgehead atoms. The lowest BCUT2D eigenvalue weighted by Crippen LogP contribution is -2.49. The van der Waals surface area contributed by atoms with Gasteiger partial charge in [0.25, 0.3) is 0 Å². The van der Waals surface area contributed by atoms with Crippen LogP contribution in [0.4, 0.5) is 0 Å². The number of amides is 1. The highest BCUT2D eigenvalue weighted by Crippen LogP contribution is 2.26. The molecule has 2 saturated heterocycles. The van der Waals surface area contributed by atoms with E-state index >= 15 is 0 Å². The number of nitrogens with one attached hydrogen (secondary N) is 1. The predicted molar refractivity (Wildman–Crippen MR) is 125 cm³/mol. The molecule has 0 spiro atoms. The molecule has 1 amide bonds. The summed E-state index contributed by atoms with van der Waals surface area (Å²) < 4.78 is 6.09. The van der Waals surface area contributed by atoms with Gasteiger partial charge in [-0.3, -0.25) is 14.7 Å². The van der Waals surface area contributed by atoms with Crippen LogP contribution in [0.25, 0.3) is 0 Å². The number of hydrogen-bond acceptors (Lipinski definition) is 4. The molecule has 2 unspecified atom stereocenters. The molecule has 0 aromatic heterocycles. The summed E-state index contributed by atoms with van der Waals surface area (Å²) in [5.74, 6) is 1.16. The van der Waals surface area contributed by atoms with Crippen LogP contribution in [0.3, 0.4) is 0 Å². The van der Waals surface area contributed by atoms with Gasteiger partial charge in [-0.25, -0.2) is 0 Å². The van der Waals surface area contributed by atoms with Crippen LogP contribution in [0.15, 0.2) is 23.2 Å². The predicted octanol–water partition coefficient (Wildman–Crippen LogP) is 2.19. The SMILES string of the molecule is CN=C(NCCCN1CCCC1C(=O)N(C)C)N1CCOC(c2ccc(C)cc2C)C1. The summed E-state index contributed by atoms with van der Waals surface area (Å²) in [6, 6.07) is 6.62. The average Bonchev–Trinajstić information content (AvgIpc) is 3.21. The number of aliphatic imine (C=N–C) groups is 1. The lowest BCUT2D eigenvalue weighted by molar-refractivity contribution is -0.133. The Hall–Kier alpha value is -2.12. The standard InChI is InChI=1S/C24H39N5O2/c1-18-9-10-20(19(2)16-18)22-17-29(14-15-31-22)24(25-3)26-11-7-13-28-12-6-8-21(28)23(30)27(4)5/h9-10,16,21-22H,6-8,11-15,17H2,1-5H3,(H,25,26). The number of hydrogen-bond donors (Lipinski definition) is 1. The zero-order valence-electron chi connectivity index (χ0n) is 19.9. The van der Waals surface area contributed by atoms with Crippen molar-refractivity contribution in [2.45, 2.75) is 45.3 Å². The van der Waals surface area contributed by atoms with Crippen LogP contribution in [-0.2, 0) is 9.53 Å². The van der Waals surface area contributed by atoms with Gasteiger partial charge in [0.05, 0.1) is 19.2 Å². The van der Waals surface area contributed by atoms with Gasteiger partial charge < -0.3 is 19.9 Å². The summed E-state index contributed by atoms with van der Waals surface area (Å²) in [4.78, 5) is 23.2. The van der Waals surface area contributed by atoms with Crippen LogP contribution in [0, 0.1) is 13.8 Å². The summed E-state index contributed by atoms with van der Waals surface area (Å²) >= 11 is 0. The zero-order valence-corrected chi connectivity index (χ0v) is 19.9. The van der Waals surface area contributed by atoms with Gasteiger partial charge in [0.1, 0.15) is 6.10 Å². The fourth-order valence-corrected chi connectivity index (χ4v) is 4.70. The Kier molecular flexibility index (Phi) is 8.32. The van der Waals surface area contributed by atoms with Crippen LogP contribution in [0.5, 0.6) is 0 Å². The molecule has 3 rings (SSSR count). The Morgan fingerprint density at radius 1 is 1.29 bits per heavy atom. The van der Waals surface area contributed by atoms with Gasteiger partial charge in [0.15, 0.2) is 5.96 Å². The van der Waals surface area contributed by atoms with Gasteiger partial charge in [-0.2, -0.15) is 0 Å². The van der Waals surface area contributed by atoms with Gasteiger partial charge in [-0.1, -0.05) is 23.8 Å². The molecule has 172 valence electrons. The number of rotatable bonds is 6. The minimum Gasteiger partial charge on any atom is -0.370 e. The molecule has 2 fully saturated rings. The van der Waals surface area contributed by atoms with Crippen molar-refractivity contribution in [1.82, 2.24) is 20.0 Å². The van der Waals surface area contributed by atoms with E-state index in [9.17, 15) is 4.79 Å². The second-order valence-corrected chi connectivity index (χ2v) is 8.92. The molecule has 0 radical (unpaired) electrons. The maximum Gasteiger partial charge on any atom is 0.239 e. The number of likely N-dealkylation sites (tertiary alicyclic amines) is 1. The Morgan fingerprint density at radius 2 is 2.10 bits per heavy atom. The molecule has 1 aromatic rings. The molecule has 1 aromatic carbocycles. The van der Waals surface area contributed by atoms with Crippen LogP contribution >= 0.6 is 0 Å². The minimum atomic E-state index is 0.0482. The second kappa shape index (κ2) is 11.0. The second-order valence-electron chi connectivity index (χ2n) is 8.92. The van der Waals surface area contributed by atoms with E-state index in [2.05, 4.69) is 52.2 Å². The normalized spacial score (nSPS) is 22.6. The van der Waals surface area contributed by atoms with Crippen LogP contribution in [0.1, 0.15) is 42.1 Å². The van der Waals surface area contributed by atoms with E-state index in [1.807, 2.05) is 21.1 Å². The number of nitrogens with zero attached hydrogens (tertiary/aromatic N) is 4. The summed E-state index contributed by atoms with van der Waals surface area (Å²) in [7, 11) is 5.53. The molecule has 0 aliphatic carbocycles. The molecule has 2 heterocycles. The summed E-state index contributed by atoms with van der Waals surface area (Å²) in [6.07, 6.45) is 3.13. The van der Waals surface area contributed by atoms with E-state index in [1.54, 1.807) is 4.90 Å². The van der Waals surface area contributed by atoms with Gasteiger partial charge in [0, 0.05) is 40.8 Å². The van der Waals surface area contributed by atoms with Gasteiger partial charge in [-0.05, 0) is 50.8 Å². The molecule has 31 heavy (non-hydrogen) atoms. The van der Waals surface area contributed by atoms with Crippen molar-refractivity contribution in [2.24, 2.45) is 4.99 Å². The molecular formula is C24H39N5O2. The number of aryl methyl sites for hydroxylation is 2. The molecule has 0 saturated carbocycles. The lowest BCUT2D eigenvalue weighted by Gasteiger charge is -2.36. The van der Waals surface area contributed by atoms with Crippen LogP contribution in [-0.4, -0.2) is 93.1 Å². The molecule has 7 nitrogen and oxygen atoms in total. The molecule has 7 heteroatoms. The van der Waals surface area contributed by atoms with Gasteiger partial charge >= 0.3 is 0 Å². The lowest BCUT2D eigenvalue weighted by atomic mass is 10.00. The average molecular weight is 430 g/mol. The third kappa shape index (κ3) is 5.98. The Balaban J connectivity index is 1.49. The van der Waals surface area contributed by atoms with Gasteiger partial charge in [-0.15, -0.1) is 0 Å². The van der Waals surface area contributed by atoms with Crippen molar-refractivity contribution in [3.63, 3.8) is 0 Å². The fraction of sp³-hybridized carbons (Fsp3) is 0.667. The monoisotopic (exact) mass is 429 g/mol. The fourth-order valence-electron chi connectivity index (χ4n) is 4.70. The largest absolute Gasteiger partial charge is 0.370 e. The topological polar surface area (TPSA) is 60.4 Å². The number of carbonyl (C=O) groups excluding carboxylic acids is 1. The van der Waals surface area contributed by atoms with E-state index in [0.717, 1.165) is 57.9 Å². The zero-order chi connectivity index (χ0) is 22.4. The first-order chi connectivity index (χ1) is 14.9. The number of ether oxygens (including phenoxy) is 1. The molecule has 2 aliphatic heterocycles. The highest BCUT2D eigenvalue weighted by molar-refractivity contribution is 5.81. The molecule has 1 N–H and O–H groups in total. The minimum absolute atomic E-state index is 0.0482. The Labute approximate surface area is 187 Å². The quantitative estimate of drug-likeness (QED) is 0.427. The number of carbonyl (C=O) groups is 1. The van der Waals surface area contributed by atoms with Crippen molar-refractivity contribution in [2.75, 3.05) is 60.5 Å². The number of morpholine rings is 1. The van der Waals surface area contributed by atoms with Crippen molar-refractivity contribution in [3.8, 4) is 0 Å². The smallest absolute Gasteiger partial charge is 0.239 e. The van der Waals surface area contributed by atoms with E-state index < -0.39 is 0 Å². The summed E-state index contributed by atoms with van der Waals surface area (Å²) in [5.41, 5.74) is 3.82. The Morgan fingerprint density at radius 3 is 2.81 bits per heavy atom. The van der Waals surface area contributed by atoms with E-state index in [1.165, 1.54) is 16.7 Å². The molecular weight excluding hydrogens is 390 g/mol. The van der Waals surface area contributed by atoms with Crippen molar-refractivity contribution in [3.05, 3.63) is 34.9 Å². The Bertz CT molecular complexity index is 779. The van der Waals surface area contributed by atoms with E-state index in [4.69, 9.17) is 4.74 Å². The first-order valence-electron chi connectivity index (χ1n) is 11.5. The molecule has 2 aliphatic rings.